The fraction of sp³-hybridized carbons (Fsp3) is 0.615. The lowest BCUT2D eigenvalue weighted by Gasteiger charge is -2.18. The summed E-state index contributed by atoms with van der Waals surface area (Å²) >= 11 is 0. The lowest BCUT2D eigenvalue weighted by Crippen LogP contribution is -2.39. The van der Waals surface area contributed by atoms with Crippen molar-refractivity contribution >= 4 is 11.7 Å². The van der Waals surface area contributed by atoms with E-state index in [1.165, 1.54) is 0 Å². The minimum atomic E-state index is -0.432. The molecule has 5 heteroatoms. The molecule has 1 aromatic heterocycles. The number of hydrogen-bond donors (Lipinski definition) is 1. The maximum absolute atomic E-state index is 11.9. The average molecular weight is 251 g/mol. The van der Waals surface area contributed by atoms with Crippen molar-refractivity contribution in [1.29, 1.82) is 0 Å². The summed E-state index contributed by atoms with van der Waals surface area (Å²) in [5.41, 5.74) is 0.484. The molecule has 1 N–H and O–H groups in total. The molecule has 100 valence electrons. The molecule has 0 aliphatic heterocycles. The zero-order chi connectivity index (χ0) is 13.9. The van der Waals surface area contributed by atoms with E-state index >= 15 is 0 Å². The van der Waals surface area contributed by atoms with Crippen molar-refractivity contribution in [3.05, 3.63) is 18.0 Å². The van der Waals surface area contributed by atoms with Gasteiger partial charge in [-0.15, -0.1) is 0 Å². The van der Waals surface area contributed by atoms with Crippen LogP contribution in [-0.4, -0.2) is 28.0 Å². The highest BCUT2D eigenvalue weighted by atomic mass is 16.2. The number of hydrogen-bond acceptors (Lipinski definition) is 3. The molecule has 0 aliphatic carbocycles. The summed E-state index contributed by atoms with van der Waals surface area (Å²) in [5.74, 6) is -0.181. The highest BCUT2D eigenvalue weighted by molar-refractivity contribution is 5.90. The van der Waals surface area contributed by atoms with Gasteiger partial charge in [0.15, 0.2) is 5.78 Å². The van der Waals surface area contributed by atoms with E-state index in [0.717, 1.165) is 5.69 Å². The predicted molar refractivity (Wildman–Crippen MR) is 69.1 cm³/mol. The van der Waals surface area contributed by atoms with Crippen LogP contribution < -0.4 is 5.32 Å². The second-order valence-corrected chi connectivity index (χ2v) is 5.48. The van der Waals surface area contributed by atoms with Gasteiger partial charge in [0.05, 0.1) is 6.54 Å². The largest absolute Gasteiger partial charge is 0.347 e. The van der Waals surface area contributed by atoms with Gasteiger partial charge in [-0.3, -0.25) is 14.3 Å². The van der Waals surface area contributed by atoms with Crippen LogP contribution in [0.15, 0.2) is 12.3 Å². The third-order valence-corrected chi connectivity index (χ3v) is 2.87. The van der Waals surface area contributed by atoms with Crippen molar-refractivity contribution in [3.63, 3.8) is 0 Å². The molecule has 0 spiro atoms. The molecule has 1 aromatic rings. The molecule has 1 amide bonds. The van der Waals surface area contributed by atoms with Gasteiger partial charge in [0.2, 0.25) is 5.91 Å². The highest BCUT2D eigenvalue weighted by Gasteiger charge is 2.23. The summed E-state index contributed by atoms with van der Waals surface area (Å²) in [4.78, 5) is 23.6. The SMILES string of the molecule is Cc1ccnn1C(C)C(=O)NCC(=O)C(C)(C)C. The van der Waals surface area contributed by atoms with Gasteiger partial charge in [-0.2, -0.15) is 5.10 Å². The number of aryl methyl sites for hydroxylation is 1. The lowest BCUT2D eigenvalue weighted by atomic mass is 9.91. The Morgan fingerprint density at radius 3 is 2.50 bits per heavy atom. The van der Waals surface area contributed by atoms with Gasteiger partial charge < -0.3 is 5.32 Å². The first-order valence-corrected chi connectivity index (χ1v) is 6.04. The molecule has 0 bridgehead atoms. The van der Waals surface area contributed by atoms with Crippen LogP contribution in [-0.2, 0) is 9.59 Å². The molecule has 1 heterocycles. The number of amides is 1. The first kappa shape index (κ1) is 14.4. The van der Waals surface area contributed by atoms with Gasteiger partial charge >= 0.3 is 0 Å². The zero-order valence-electron chi connectivity index (χ0n) is 11.7. The normalized spacial score (nSPS) is 13.2. The third kappa shape index (κ3) is 3.42. The van der Waals surface area contributed by atoms with Gasteiger partial charge in [-0.25, -0.2) is 0 Å². The van der Waals surface area contributed by atoms with E-state index in [-0.39, 0.29) is 18.2 Å². The molecule has 5 nitrogen and oxygen atoms in total. The lowest BCUT2D eigenvalue weighted by molar-refractivity contribution is -0.130. The summed E-state index contributed by atoms with van der Waals surface area (Å²) < 4.78 is 1.64. The van der Waals surface area contributed by atoms with E-state index in [4.69, 9.17) is 0 Å². The fourth-order valence-electron chi connectivity index (χ4n) is 1.48. The molecule has 1 unspecified atom stereocenters. The van der Waals surface area contributed by atoms with E-state index in [2.05, 4.69) is 10.4 Å². The number of carbonyl (C=O) groups excluding carboxylic acids is 2. The van der Waals surface area contributed by atoms with Crippen molar-refractivity contribution in [2.24, 2.45) is 5.41 Å². The molecule has 0 saturated heterocycles. The summed E-state index contributed by atoms with van der Waals surface area (Å²) in [7, 11) is 0. The summed E-state index contributed by atoms with van der Waals surface area (Å²) in [6, 6.07) is 1.43. The Balaban J connectivity index is 2.57. The van der Waals surface area contributed by atoms with E-state index in [1.807, 2.05) is 33.8 Å². The number of ketones is 1. The maximum atomic E-state index is 11.9. The van der Waals surface area contributed by atoms with E-state index in [0.29, 0.717) is 0 Å². The number of aromatic nitrogens is 2. The zero-order valence-corrected chi connectivity index (χ0v) is 11.7. The molecular weight excluding hydrogens is 230 g/mol. The predicted octanol–water partition coefficient (Wildman–Crippen LogP) is 1.48. The molecule has 18 heavy (non-hydrogen) atoms. The van der Waals surface area contributed by atoms with Crippen molar-refractivity contribution in [3.8, 4) is 0 Å². The topological polar surface area (TPSA) is 64.0 Å². The standard InChI is InChI=1S/C13H21N3O2/c1-9-6-7-15-16(9)10(2)12(18)14-8-11(17)13(3,4)5/h6-7,10H,8H2,1-5H3,(H,14,18). The summed E-state index contributed by atoms with van der Waals surface area (Å²) in [6.45, 7) is 9.22. The summed E-state index contributed by atoms with van der Waals surface area (Å²) in [6.07, 6.45) is 1.65. The molecule has 0 radical (unpaired) electrons. The monoisotopic (exact) mass is 251 g/mol. The van der Waals surface area contributed by atoms with Crippen molar-refractivity contribution in [1.82, 2.24) is 15.1 Å². The van der Waals surface area contributed by atoms with E-state index < -0.39 is 11.5 Å². The molecule has 0 fully saturated rings. The van der Waals surface area contributed by atoms with Crippen LogP contribution in [0.5, 0.6) is 0 Å². The molecule has 0 aliphatic rings. The second kappa shape index (κ2) is 5.33. The number of rotatable bonds is 4. The molecule has 1 atom stereocenters. The minimum Gasteiger partial charge on any atom is -0.347 e. The van der Waals surface area contributed by atoms with Crippen LogP contribution in [0.2, 0.25) is 0 Å². The Morgan fingerprint density at radius 2 is 2.06 bits per heavy atom. The van der Waals surface area contributed by atoms with Crippen molar-refractivity contribution in [2.45, 2.75) is 40.7 Å². The van der Waals surface area contributed by atoms with Gasteiger partial charge in [-0.1, -0.05) is 20.8 Å². The second-order valence-electron chi connectivity index (χ2n) is 5.48. The Hall–Kier alpha value is -1.65. The van der Waals surface area contributed by atoms with Gasteiger partial charge in [0.25, 0.3) is 0 Å². The van der Waals surface area contributed by atoms with Crippen LogP contribution in [0.4, 0.5) is 0 Å². The third-order valence-electron chi connectivity index (χ3n) is 2.87. The van der Waals surface area contributed by atoms with Gasteiger partial charge in [-0.05, 0) is 19.9 Å². The maximum Gasteiger partial charge on any atom is 0.244 e. The Morgan fingerprint density at radius 1 is 1.44 bits per heavy atom. The van der Waals surface area contributed by atoms with Crippen LogP contribution >= 0.6 is 0 Å². The number of carbonyl (C=O) groups is 2. The van der Waals surface area contributed by atoms with Crippen LogP contribution in [0.3, 0.4) is 0 Å². The number of nitrogens with zero attached hydrogens (tertiary/aromatic N) is 2. The van der Waals surface area contributed by atoms with Crippen molar-refractivity contribution < 1.29 is 9.59 Å². The minimum absolute atomic E-state index is 0.0141. The first-order chi connectivity index (χ1) is 8.23. The van der Waals surface area contributed by atoms with Gasteiger partial charge in [0.1, 0.15) is 6.04 Å². The van der Waals surface area contributed by atoms with Crippen LogP contribution in [0.25, 0.3) is 0 Å². The number of nitrogens with one attached hydrogen (secondary N) is 1. The Bertz CT molecular complexity index is 443. The highest BCUT2D eigenvalue weighted by Crippen LogP contribution is 2.14. The van der Waals surface area contributed by atoms with E-state index in [1.54, 1.807) is 17.8 Å². The molecule has 1 rings (SSSR count). The van der Waals surface area contributed by atoms with E-state index in [9.17, 15) is 9.59 Å². The quantitative estimate of drug-likeness (QED) is 0.881. The van der Waals surface area contributed by atoms with Crippen molar-refractivity contribution in [2.75, 3.05) is 6.54 Å². The first-order valence-electron chi connectivity index (χ1n) is 6.04. The number of Topliss-reactive ketones (excluding diaryl/α,β-unsaturated/α-hetero) is 1. The Kier molecular flexibility index (Phi) is 4.27. The smallest absolute Gasteiger partial charge is 0.244 e. The fourth-order valence-corrected chi connectivity index (χ4v) is 1.48. The summed E-state index contributed by atoms with van der Waals surface area (Å²) in [5, 5.41) is 6.74. The molecule has 0 aromatic carbocycles. The Labute approximate surface area is 108 Å². The van der Waals surface area contributed by atoms with Crippen LogP contribution in [0.1, 0.15) is 39.4 Å². The van der Waals surface area contributed by atoms with Gasteiger partial charge in [0, 0.05) is 17.3 Å². The van der Waals surface area contributed by atoms with Crippen LogP contribution in [0, 0.1) is 12.3 Å². The molecule has 0 saturated carbocycles. The molecular formula is C13H21N3O2. The average Bonchev–Trinajstić information content (AvgIpc) is 2.69.